The molecule has 1 heterocycles. The molecule has 98 valence electrons. The number of nitrogens with zero attached hydrogens (tertiary/aromatic N) is 2. The van der Waals surface area contributed by atoms with Crippen molar-refractivity contribution in [3.05, 3.63) is 33.2 Å². The predicted octanol–water partition coefficient (Wildman–Crippen LogP) is 3.17. The van der Waals surface area contributed by atoms with Gasteiger partial charge >= 0.3 is 0 Å². The summed E-state index contributed by atoms with van der Waals surface area (Å²) in [6.45, 7) is 6.96. The van der Waals surface area contributed by atoms with Crippen LogP contribution in [0.2, 0.25) is 0 Å². The molecule has 0 aliphatic rings. The van der Waals surface area contributed by atoms with E-state index in [0.29, 0.717) is 0 Å². The van der Waals surface area contributed by atoms with Crippen LogP contribution < -0.4 is 5.56 Å². The molecule has 0 spiro atoms. The molecule has 0 bridgehead atoms. The van der Waals surface area contributed by atoms with Crippen molar-refractivity contribution >= 4 is 0 Å². The van der Waals surface area contributed by atoms with E-state index in [2.05, 4.69) is 13.8 Å². The first-order chi connectivity index (χ1) is 8.65. The smallest absolute Gasteiger partial charge is 0.268 e. The fraction of sp³-hybridized carbons (Fsp3) is 0.600. The van der Waals surface area contributed by atoms with E-state index < -0.39 is 0 Å². The topological polar surface area (TPSA) is 45.8 Å². The molecule has 0 radical (unpaired) electrons. The molecule has 3 nitrogen and oxygen atoms in total. The average molecular weight is 246 g/mol. The van der Waals surface area contributed by atoms with Gasteiger partial charge in [0.2, 0.25) is 0 Å². The molecule has 1 rings (SSSR count). The van der Waals surface area contributed by atoms with Crippen LogP contribution in [0.3, 0.4) is 0 Å². The minimum Gasteiger partial charge on any atom is -0.312 e. The van der Waals surface area contributed by atoms with Crippen LogP contribution in [0.25, 0.3) is 0 Å². The van der Waals surface area contributed by atoms with Gasteiger partial charge in [-0.15, -0.1) is 0 Å². The summed E-state index contributed by atoms with van der Waals surface area (Å²) < 4.78 is 1.77. The van der Waals surface area contributed by atoms with Crippen LogP contribution in [0.15, 0.2) is 10.9 Å². The summed E-state index contributed by atoms with van der Waals surface area (Å²) in [5.74, 6) is 0. The zero-order valence-electron chi connectivity index (χ0n) is 11.6. The number of hydrogen-bond acceptors (Lipinski definition) is 2. The Bertz CT molecular complexity index is 494. The van der Waals surface area contributed by atoms with Gasteiger partial charge in [-0.25, -0.2) is 0 Å². The van der Waals surface area contributed by atoms with Gasteiger partial charge in [0.05, 0.1) is 0 Å². The lowest BCUT2D eigenvalue weighted by Gasteiger charge is -2.14. The van der Waals surface area contributed by atoms with Gasteiger partial charge in [-0.2, -0.15) is 5.26 Å². The third kappa shape index (κ3) is 3.22. The van der Waals surface area contributed by atoms with Crippen LogP contribution in [0.1, 0.15) is 56.4 Å². The number of unbranched alkanes of at least 4 members (excludes halogenated alkanes) is 2. The van der Waals surface area contributed by atoms with Gasteiger partial charge in [0.25, 0.3) is 5.56 Å². The van der Waals surface area contributed by atoms with Crippen LogP contribution in [0, 0.1) is 18.3 Å². The molecule has 0 aliphatic carbocycles. The molecule has 18 heavy (non-hydrogen) atoms. The Morgan fingerprint density at radius 2 is 1.94 bits per heavy atom. The minimum absolute atomic E-state index is 0.135. The van der Waals surface area contributed by atoms with Gasteiger partial charge in [-0.05, 0) is 37.8 Å². The average Bonchev–Trinajstić information content (AvgIpc) is 2.38. The van der Waals surface area contributed by atoms with Crippen LogP contribution in [0.5, 0.6) is 0 Å². The Morgan fingerprint density at radius 1 is 1.28 bits per heavy atom. The maximum Gasteiger partial charge on any atom is 0.268 e. The van der Waals surface area contributed by atoms with Crippen molar-refractivity contribution in [1.82, 2.24) is 4.57 Å². The van der Waals surface area contributed by atoms with E-state index in [4.69, 9.17) is 5.26 Å². The highest BCUT2D eigenvalue weighted by atomic mass is 16.1. The fourth-order valence-electron chi connectivity index (χ4n) is 2.10. The summed E-state index contributed by atoms with van der Waals surface area (Å²) in [6.07, 6.45) is 5.19. The van der Waals surface area contributed by atoms with E-state index in [1.165, 1.54) is 0 Å². The number of aryl methyl sites for hydroxylation is 1. The van der Waals surface area contributed by atoms with Crippen molar-refractivity contribution in [2.75, 3.05) is 0 Å². The summed E-state index contributed by atoms with van der Waals surface area (Å²) in [5.41, 5.74) is 2.32. The lowest BCUT2D eigenvalue weighted by molar-refractivity contribution is 0.590. The van der Waals surface area contributed by atoms with Crippen molar-refractivity contribution in [3.63, 3.8) is 0 Å². The van der Waals surface area contributed by atoms with Crippen LogP contribution in [-0.4, -0.2) is 4.57 Å². The molecule has 0 amide bonds. The molecule has 0 unspecified atom stereocenters. The van der Waals surface area contributed by atoms with E-state index in [1.807, 2.05) is 13.0 Å². The lowest BCUT2D eigenvalue weighted by Crippen LogP contribution is -2.26. The first-order valence-corrected chi connectivity index (χ1v) is 6.79. The SMILES string of the molecule is CCCCc1cc(C#N)c(=O)n(CCCC)c1C. The van der Waals surface area contributed by atoms with Gasteiger partial charge in [-0.3, -0.25) is 4.79 Å². The Hall–Kier alpha value is -1.56. The summed E-state index contributed by atoms with van der Waals surface area (Å²) in [6, 6.07) is 3.80. The predicted molar refractivity (Wildman–Crippen MR) is 73.7 cm³/mol. The van der Waals surface area contributed by atoms with E-state index in [1.54, 1.807) is 10.6 Å². The Kier molecular flexibility index (Phi) is 5.64. The third-order valence-electron chi connectivity index (χ3n) is 3.32. The van der Waals surface area contributed by atoms with Gasteiger partial charge in [0.15, 0.2) is 0 Å². The van der Waals surface area contributed by atoms with E-state index >= 15 is 0 Å². The Balaban J connectivity index is 3.21. The van der Waals surface area contributed by atoms with Crippen molar-refractivity contribution in [1.29, 1.82) is 5.26 Å². The Labute approximate surface area is 109 Å². The molecule has 0 saturated heterocycles. The minimum atomic E-state index is -0.135. The first kappa shape index (κ1) is 14.5. The van der Waals surface area contributed by atoms with E-state index in [9.17, 15) is 4.79 Å². The molecule has 0 saturated carbocycles. The van der Waals surface area contributed by atoms with Crippen molar-refractivity contribution < 1.29 is 0 Å². The van der Waals surface area contributed by atoms with Gasteiger partial charge in [-0.1, -0.05) is 26.7 Å². The highest BCUT2D eigenvalue weighted by Gasteiger charge is 2.10. The molecule has 0 N–H and O–H groups in total. The summed E-state index contributed by atoms with van der Waals surface area (Å²) >= 11 is 0. The van der Waals surface area contributed by atoms with Crippen LogP contribution in [0.4, 0.5) is 0 Å². The molecule has 0 aliphatic heterocycles. The highest BCUT2D eigenvalue weighted by Crippen LogP contribution is 2.12. The van der Waals surface area contributed by atoms with Crippen LogP contribution in [-0.2, 0) is 13.0 Å². The largest absolute Gasteiger partial charge is 0.312 e. The number of pyridine rings is 1. The van der Waals surface area contributed by atoms with E-state index in [0.717, 1.165) is 49.9 Å². The maximum atomic E-state index is 12.1. The number of aromatic nitrogens is 1. The standard InChI is InChI=1S/C15H22N2O/c1-4-6-8-13-10-14(11-16)15(18)17(12(13)3)9-7-5-2/h10H,4-9H2,1-3H3. The normalized spacial score (nSPS) is 10.3. The number of rotatable bonds is 6. The molecule has 0 atom stereocenters. The monoisotopic (exact) mass is 246 g/mol. The van der Waals surface area contributed by atoms with E-state index in [-0.39, 0.29) is 11.1 Å². The molecule has 3 heteroatoms. The summed E-state index contributed by atoms with van der Waals surface area (Å²) in [5, 5.41) is 9.05. The third-order valence-corrected chi connectivity index (χ3v) is 3.32. The second-order valence-electron chi connectivity index (χ2n) is 4.69. The quantitative estimate of drug-likeness (QED) is 0.774. The van der Waals surface area contributed by atoms with Crippen LogP contribution >= 0.6 is 0 Å². The van der Waals surface area contributed by atoms with Gasteiger partial charge in [0, 0.05) is 12.2 Å². The van der Waals surface area contributed by atoms with Crippen molar-refractivity contribution in [2.45, 2.75) is 59.4 Å². The second kappa shape index (κ2) is 7.00. The maximum absolute atomic E-state index is 12.1. The summed E-state index contributed by atoms with van der Waals surface area (Å²) in [4.78, 5) is 12.1. The molecule has 0 aromatic carbocycles. The number of nitriles is 1. The first-order valence-electron chi connectivity index (χ1n) is 6.79. The highest BCUT2D eigenvalue weighted by molar-refractivity contribution is 5.33. The molecule has 0 fully saturated rings. The molecule has 1 aromatic rings. The van der Waals surface area contributed by atoms with Gasteiger partial charge in [0.1, 0.15) is 11.6 Å². The zero-order valence-corrected chi connectivity index (χ0v) is 11.6. The van der Waals surface area contributed by atoms with Crippen molar-refractivity contribution in [3.8, 4) is 6.07 Å². The fourth-order valence-corrected chi connectivity index (χ4v) is 2.10. The summed E-state index contributed by atoms with van der Waals surface area (Å²) in [7, 11) is 0. The molecular formula is C15H22N2O. The number of hydrogen-bond donors (Lipinski definition) is 0. The molecule has 1 aromatic heterocycles. The lowest BCUT2D eigenvalue weighted by atomic mass is 10.0. The Morgan fingerprint density at radius 3 is 2.50 bits per heavy atom. The molecular weight excluding hydrogens is 224 g/mol. The second-order valence-corrected chi connectivity index (χ2v) is 4.69. The zero-order chi connectivity index (χ0) is 13.5. The van der Waals surface area contributed by atoms with Gasteiger partial charge < -0.3 is 4.57 Å². The van der Waals surface area contributed by atoms with Crippen molar-refractivity contribution in [2.24, 2.45) is 0 Å².